The standard InChI is InChI=1S/C13H18N4OS/c1-9(2)12(18)15-8-11(16-17-13(14)19)10-6-4-3-5-7-10/h3-7,9H,8H2,1-2H3,(H,15,18)(H3,14,17,19). The van der Waals surface area contributed by atoms with Gasteiger partial charge in [0.05, 0.1) is 12.3 Å². The third-order valence-corrected chi connectivity index (χ3v) is 2.45. The first kappa shape index (κ1) is 15.1. The van der Waals surface area contributed by atoms with Crippen LogP contribution in [-0.4, -0.2) is 23.3 Å². The Balaban J connectivity index is 2.79. The molecule has 19 heavy (non-hydrogen) atoms. The third-order valence-electron chi connectivity index (χ3n) is 2.36. The van der Waals surface area contributed by atoms with E-state index in [0.717, 1.165) is 5.56 Å². The van der Waals surface area contributed by atoms with Crippen molar-refractivity contribution in [1.82, 2.24) is 10.7 Å². The van der Waals surface area contributed by atoms with Crippen molar-refractivity contribution in [2.45, 2.75) is 13.8 Å². The molecule has 0 heterocycles. The van der Waals surface area contributed by atoms with Crippen molar-refractivity contribution in [3.05, 3.63) is 35.9 Å². The van der Waals surface area contributed by atoms with Gasteiger partial charge in [-0.3, -0.25) is 10.2 Å². The molecule has 0 aliphatic heterocycles. The van der Waals surface area contributed by atoms with Gasteiger partial charge in [0.25, 0.3) is 0 Å². The molecule has 0 unspecified atom stereocenters. The van der Waals surface area contributed by atoms with Crippen LogP contribution in [0.15, 0.2) is 35.4 Å². The summed E-state index contributed by atoms with van der Waals surface area (Å²) < 4.78 is 0. The van der Waals surface area contributed by atoms with Gasteiger partial charge in [0, 0.05) is 5.92 Å². The molecule has 0 atom stereocenters. The normalized spacial score (nSPS) is 11.2. The van der Waals surface area contributed by atoms with E-state index in [1.165, 1.54) is 0 Å². The predicted molar refractivity (Wildman–Crippen MR) is 80.7 cm³/mol. The highest BCUT2D eigenvalue weighted by atomic mass is 32.1. The fourth-order valence-electron chi connectivity index (χ4n) is 1.33. The zero-order valence-corrected chi connectivity index (χ0v) is 11.8. The smallest absolute Gasteiger partial charge is 0.222 e. The number of hydrogen-bond acceptors (Lipinski definition) is 3. The van der Waals surface area contributed by atoms with E-state index in [2.05, 4.69) is 15.8 Å². The largest absolute Gasteiger partial charge is 0.375 e. The highest BCUT2D eigenvalue weighted by molar-refractivity contribution is 7.80. The number of carbonyl (C=O) groups excluding carboxylic acids is 1. The molecule has 0 aliphatic carbocycles. The maximum absolute atomic E-state index is 11.6. The van der Waals surface area contributed by atoms with Gasteiger partial charge in [-0.05, 0) is 17.8 Å². The van der Waals surface area contributed by atoms with Crippen LogP contribution in [0, 0.1) is 5.92 Å². The van der Waals surface area contributed by atoms with Crippen LogP contribution in [0.25, 0.3) is 0 Å². The van der Waals surface area contributed by atoms with Crippen LogP contribution in [-0.2, 0) is 4.79 Å². The lowest BCUT2D eigenvalue weighted by atomic mass is 10.1. The first-order chi connectivity index (χ1) is 9.00. The lowest BCUT2D eigenvalue weighted by Crippen LogP contribution is -2.35. The van der Waals surface area contributed by atoms with Gasteiger partial charge >= 0.3 is 0 Å². The summed E-state index contributed by atoms with van der Waals surface area (Å²) in [5.74, 6) is -0.0977. The van der Waals surface area contributed by atoms with Crippen molar-refractivity contribution in [3.8, 4) is 0 Å². The fraction of sp³-hybridized carbons (Fsp3) is 0.308. The first-order valence-corrected chi connectivity index (χ1v) is 6.36. The summed E-state index contributed by atoms with van der Waals surface area (Å²) in [6.45, 7) is 3.99. The Morgan fingerprint density at radius 2 is 2.00 bits per heavy atom. The summed E-state index contributed by atoms with van der Waals surface area (Å²) in [4.78, 5) is 11.6. The van der Waals surface area contributed by atoms with E-state index < -0.39 is 0 Å². The second kappa shape index (κ2) is 7.48. The van der Waals surface area contributed by atoms with E-state index in [1.807, 2.05) is 44.2 Å². The molecule has 0 radical (unpaired) electrons. The van der Waals surface area contributed by atoms with Gasteiger partial charge < -0.3 is 11.1 Å². The molecule has 0 aliphatic rings. The Labute approximate surface area is 118 Å². The zero-order chi connectivity index (χ0) is 14.3. The molecule has 0 aromatic heterocycles. The van der Waals surface area contributed by atoms with Gasteiger partial charge in [0.15, 0.2) is 5.11 Å². The topological polar surface area (TPSA) is 79.5 Å². The maximum Gasteiger partial charge on any atom is 0.222 e. The molecule has 102 valence electrons. The number of hydrazone groups is 1. The highest BCUT2D eigenvalue weighted by Crippen LogP contribution is 2.01. The Morgan fingerprint density at radius 1 is 1.37 bits per heavy atom. The Morgan fingerprint density at radius 3 is 2.53 bits per heavy atom. The van der Waals surface area contributed by atoms with Gasteiger partial charge in [0.2, 0.25) is 5.91 Å². The molecule has 0 fully saturated rings. The molecule has 0 saturated heterocycles. The van der Waals surface area contributed by atoms with Crippen LogP contribution in [0.5, 0.6) is 0 Å². The molecule has 1 amide bonds. The summed E-state index contributed by atoms with van der Waals surface area (Å²) in [6, 6.07) is 9.52. The summed E-state index contributed by atoms with van der Waals surface area (Å²) in [7, 11) is 0. The lowest BCUT2D eigenvalue weighted by Gasteiger charge is -2.10. The molecule has 5 nitrogen and oxygen atoms in total. The second-order valence-electron chi connectivity index (χ2n) is 4.27. The first-order valence-electron chi connectivity index (χ1n) is 5.96. The molecule has 1 aromatic carbocycles. The van der Waals surface area contributed by atoms with Crippen molar-refractivity contribution in [1.29, 1.82) is 0 Å². The predicted octanol–water partition coefficient (Wildman–Crippen LogP) is 0.996. The molecule has 0 bridgehead atoms. The van der Waals surface area contributed by atoms with E-state index in [1.54, 1.807) is 0 Å². The third kappa shape index (κ3) is 5.48. The van der Waals surface area contributed by atoms with E-state index in [0.29, 0.717) is 12.3 Å². The molecule has 4 N–H and O–H groups in total. The summed E-state index contributed by atoms with van der Waals surface area (Å²) >= 11 is 4.71. The fourth-order valence-corrected chi connectivity index (χ4v) is 1.38. The van der Waals surface area contributed by atoms with Crippen molar-refractivity contribution in [2.24, 2.45) is 16.8 Å². The van der Waals surface area contributed by atoms with Crippen LogP contribution in [0.3, 0.4) is 0 Å². The van der Waals surface area contributed by atoms with Gasteiger partial charge in [0.1, 0.15) is 0 Å². The molecule has 0 spiro atoms. The minimum atomic E-state index is -0.0689. The molecule has 1 rings (SSSR count). The highest BCUT2D eigenvalue weighted by Gasteiger charge is 2.09. The summed E-state index contributed by atoms with van der Waals surface area (Å²) in [5.41, 5.74) is 9.46. The van der Waals surface area contributed by atoms with E-state index in [9.17, 15) is 4.79 Å². The number of amides is 1. The number of rotatable bonds is 5. The zero-order valence-electron chi connectivity index (χ0n) is 11.0. The monoisotopic (exact) mass is 278 g/mol. The quantitative estimate of drug-likeness (QED) is 0.426. The average Bonchev–Trinajstić information content (AvgIpc) is 2.39. The van der Waals surface area contributed by atoms with E-state index in [4.69, 9.17) is 18.0 Å². The number of benzene rings is 1. The van der Waals surface area contributed by atoms with E-state index >= 15 is 0 Å². The Kier molecular flexibility index (Phi) is 5.95. The van der Waals surface area contributed by atoms with Crippen molar-refractivity contribution >= 4 is 28.9 Å². The van der Waals surface area contributed by atoms with Gasteiger partial charge in [-0.25, -0.2) is 0 Å². The SMILES string of the molecule is CC(C)C(=O)NCC(=NNC(N)=S)c1ccccc1. The molecular weight excluding hydrogens is 260 g/mol. The number of carbonyl (C=O) groups is 1. The number of thiocarbonyl (C=S) groups is 1. The van der Waals surface area contributed by atoms with Crippen LogP contribution >= 0.6 is 12.2 Å². The average molecular weight is 278 g/mol. The maximum atomic E-state index is 11.6. The second-order valence-corrected chi connectivity index (χ2v) is 4.71. The summed E-state index contributed by atoms with van der Waals surface area (Å²) in [6.07, 6.45) is 0. The number of hydrogen-bond donors (Lipinski definition) is 3. The molecular formula is C13H18N4OS. The van der Waals surface area contributed by atoms with Crippen LogP contribution in [0.1, 0.15) is 19.4 Å². The number of nitrogens with two attached hydrogens (primary N) is 1. The van der Waals surface area contributed by atoms with Gasteiger partial charge in [-0.1, -0.05) is 44.2 Å². The van der Waals surface area contributed by atoms with Crippen molar-refractivity contribution in [2.75, 3.05) is 6.54 Å². The Bertz CT molecular complexity index is 471. The van der Waals surface area contributed by atoms with Crippen LogP contribution in [0.4, 0.5) is 0 Å². The van der Waals surface area contributed by atoms with Gasteiger partial charge in [-0.2, -0.15) is 5.10 Å². The van der Waals surface area contributed by atoms with Gasteiger partial charge in [-0.15, -0.1) is 0 Å². The molecule has 6 heteroatoms. The molecule has 1 aromatic rings. The molecule has 0 saturated carbocycles. The minimum absolute atomic E-state index is 0.0287. The van der Waals surface area contributed by atoms with Crippen LogP contribution < -0.4 is 16.5 Å². The number of nitrogens with zero attached hydrogens (tertiary/aromatic N) is 1. The van der Waals surface area contributed by atoms with Crippen LogP contribution in [0.2, 0.25) is 0 Å². The van der Waals surface area contributed by atoms with Crippen molar-refractivity contribution < 1.29 is 4.79 Å². The van der Waals surface area contributed by atoms with E-state index in [-0.39, 0.29) is 16.9 Å². The summed E-state index contributed by atoms with van der Waals surface area (Å²) in [5, 5.41) is 7.01. The van der Waals surface area contributed by atoms with Crippen molar-refractivity contribution in [3.63, 3.8) is 0 Å². The lowest BCUT2D eigenvalue weighted by molar-refractivity contribution is -0.123. The minimum Gasteiger partial charge on any atom is -0.375 e. The number of nitrogens with one attached hydrogen (secondary N) is 2. The Hall–Kier alpha value is -1.95.